The number of amides is 1. The van der Waals surface area contributed by atoms with Crippen molar-refractivity contribution in [2.45, 2.75) is 31.7 Å². The van der Waals surface area contributed by atoms with Gasteiger partial charge in [-0.25, -0.2) is 4.98 Å². The van der Waals surface area contributed by atoms with Crippen molar-refractivity contribution in [1.29, 1.82) is 0 Å². The van der Waals surface area contributed by atoms with Crippen LogP contribution in [-0.4, -0.2) is 36.5 Å². The average molecular weight is 390 g/mol. The number of fused-ring (bicyclic) bond motifs is 3. The van der Waals surface area contributed by atoms with Gasteiger partial charge in [-0.3, -0.25) is 9.20 Å². The van der Waals surface area contributed by atoms with Crippen molar-refractivity contribution < 1.29 is 4.79 Å². The summed E-state index contributed by atoms with van der Waals surface area (Å²) in [6, 6.07) is 2.19. The van der Waals surface area contributed by atoms with Crippen LogP contribution in [0.5, 0.6) is 0 Å². The van der Waals surface area contributed by atoms with Crippen LogP contribution >= 0.6 is 15.9 Å². The Balaban J connectivity index is 1.59. The molecule has 0 unspecified atom stereocenters. The second-order valence-electron chi connectivity index (χ2n) is 6.08. The monoisotopic (exact) mass is 389 g/mol. The van der Waals surface area contributed by atoms with E-state index in [4.69, 9.17) is 5.73 Å². The SMILES string of the molecule is NC(=O)C1CCC(Nc2ncc3cc(Br)c4nncn4c3n2)CC1. The van der Waals surface area contributed by atoms with Crippen LogP contribution in [0, 0.1) is 5.92 Å². The number of rotatable bonds is 3. The first-order valence-electron chi connectivity index (χ1n) is 7.82. The number of pyridine rings is 1. The molecule has 8 nitrogen and oxygen atoms in total. The summed E-state index contributed by atoms with van der Waals surface area (Å²) < 4.78 is 2.68. The van der Waals surface area contributed by atoms with Crippen molar-refractivity contribution in [3.05, 3.63) is 23.1 Å². The Hall–Kier alpha value is -2.29. The molecule has 0 bridgehead atoms. The van der Waals surface area contributed by atoms with Crippen molar-refractivity contribution in [3.63, 3.8) is 0 Å². The standard InChI is InChI=1S/C15H16BrN7O/c16-11-5-9-6-18-15(21-13(9)23-7-19-22-14(11)23)20-10-3-1-8(2-4-10)12(17)24/h5-8,10H,1-4H2,(H2,17,24)(H,18,20,21). The predicted molar refractivity (Wildman–Crippen MR) is 92.3 cm³/mol. The Kier molecular flexibility index (Phi) is 3.79. The van der Waals surface area contributed by atoms with E-state index in [0.29, 0.717) is 11.6 Å². The van der Waals surface area contributed by atoms with Crippen LogP contribution in [0.4, 0.5) is 5.95 Å². The van der Waals surface area contributed by atoms with Gasteiger partial charge in [0.2, 0.25) is 11.9 Å². The molecule has 0 saturated heterocycles. The number of nitrogens with zero attached hydrogens (tertiary/aromatic N) is 5. The van der Waals surface area contributed by atoms with Crippen LogP contribution in [0.2, 0.25) is 0 Å². The number of hydrogen-bond acceptors (Lipinski definition) is 6. The molecule has 0 radical (unpaired) electrons. The Morgan fingerprint density at radius 1 is 1.29 bits per heavy atom. The van der Waals surface area contributed by atoms with Gasteiger partial charge >= 0.3 is 0 Å². The third kappa shape index (κ3) is 2.68. The summed E-state index contributed by atoms with van der Waals surface area (Å²) in [5.74, 6) is 0.368. The summed E-state index contributed by atoms with van der Waals surface area (Å²) in [6.07, 6.45) is 6.81. The fourth-order valence-corrected chi connectivity index (χ4v) is 3.72. The lowest BCUT2D eigenvalue weighted by Gasteiger charge is -2.27. The highest BCUT2D eigenvalue weighted by atomic mass is 79.9. The van der Waals surface area contributed by atoms with Gasteiger partial charge in [0.05, 0.1) is 4.47 Å². The Labute approximate surface area is 146 Å². The largest absolute Gasteiger partial charge is 0.369 e. The van der Waals surface area contributed by atoms with Crippen LogP contribution in [0.15, 0.2) is 23.1 Å². The molecule has 1 fully saturated rings. The summed E-state index contributed by atoms with van der Waals surface area (Å²) in [5.41, 5.74) is 6.85. The number of nitrogens with two attached hydrogens (primary N) is 1. The highest BCUT2D eigenvalue weighted by Crippen LogP contribution is 2.27. The Morgan fingerprint density at radius 2 is 2.08 bits per heavy atom. The maximum atomic E-state index is 11.3. The van der Waals surface area contributed by atoms with Crippen molar-refractivity contribution in [2.75, 3.05) is 5.32 Å². The number of nitrogens with one attached hydrogen (secondary N) is 1. The molecule has 3 heterocycles. The topological polar surface area (TPSA) is 111 Å². The van der Waals surface area contributed by atoms with Crippen molar-refractivity contribution in [2.24, 2.45) is 11.7 Å². The number of aromatic nitrogens is 5. The molecule has 3 aromatic rings. The number of halogens is 1. The predicted octanol–water partition coefficient (Wildman–Crippen LogP) is 1.89. The molecule has 4 rings (SSSR count). The van der Waals surface area contributed by atoms with Gasteiger partial charge in [-0.05, 0) is 47.7 Å². The lowest BCUT2D eigenvalue weighted by atomic mass is 9.86. The zero-order valence-corrected chi connectivity index (χ0v) is 14.4. The van der Waals surface area contributed by atoms with E-state index in [9.17, 15) is 4.79 Å². The average Bonchev–Trinajstić information content (AvgIpc) is 3.07. The van der Waals surface area contributed by atoms with Gasteiger partial charge in [0, 0.05) is 23.5 Å². The molecular formula is C15H16BrN7O. The van der Waals surface area contributed by atoms with E-state index in [1.54, 1.807) is 12.5 Å². The van der Waals surface area contributed by atoms with Gasteiger partial charge in [-0.15, -0.1) is 10.2 Å². The second kappa shape index (κ2) is 5.97. The zero-order valence-electron chi connectivity index (χ0n) is 12.8. The van der Waals surface area contributed by atoms with Crippen LogP contribution in [-0.2, 0) is 4.79 Å². The smallest absolute Gasteiger partial charge is 0.224 e. The van der Waals surface area contributed by atoms with Crippen LogP contribution in [0.25, 0.3) is 16.7 Å². The molecule has 124 valence electrons. The van der Waals surface area contributed by atoms with E-state index >= 15 is 0 Å². The quantitative estimate of drug-likeness (QED) is 0.707. The molecule has 0 spiro atoms. The second-order valence-corrected chi connectivity index (χ2v) is 6.94. The van der Waals surface area contributed by atoms with Gasteiger partial charge in [-0.1, -0.05) is 0 Å². The van der Waals surface area contributed by atoms with Crippen molar-refractivity contribution >= 4 is 44.5 Å². The summed E-state index contributed by atoms with van der Waals surface area (Å²) in [6.45, 7) is 0. The van der Waals surface area contributed by atoms with Crippen molar-refractivity contribution in [3.8, 4) is 0 Å². The summed E-state index contributed by atoms with van der Waals surface area (Å²) in [4.78, 5) is 20.3. The molecule has 3 N–H and O–H groups in total. The Morgan fingerprint density at radius 3 is 2.83 bits per heavy atom. The van der Waals surface area contributed by atoms with E-state index in [1.165, 1.54) is 0 Å². The lowest BCUT2D eigenvalue weighted by Crippen LogP contribution is -2.32. The molecule has 3 aromatic heterocycles. The highest BCUT2D eigenvalue weighted by molar-refractivity contribution is 9.10. The van der Waals surface area contributed by atoms with Gasteiger partial charge in [-0.2, -0.15) is 4.98 Å². The Bertz CT molecular complexity index is 917. The minimum atomic E-state index is -0.198. The molecule has 0 aromatic carbocycles. The molecular weight excluding hydrogens is 374 g/mol. The third-order valence-electron chi connectivity index (χ3n) is 4.53. The van der Waals surface area contributed by atoms with Gasteiger partial charge in [0.1, 0.15) is 6.33 Å². The van der Waals surface area contributed by atoms with E-state index < -0.39 is 0 Å². The maximum absolute atomic E-state index is 11.3. The maximum Gasteiger partial charge on any atom is 0.224 e. The van der Waals surface area contributed by atoms with Crippen LogP contribution in [0.1, 0.15) is 25.7 Å². The molecule has 1 aliphatic carbocycles. The highest BCUT2D eigenvalue weighted by Gasteiger charge is 2.25. The van der Waals surface area contributed by atoms with Gasteiger partial charge < -0.3 is 11.1 Å². The van der Waals surface area contributed by atoms with Crippen LogP contribution < -0.4 is 11.1 Å². The number of anilines is 1. The molecule has 9 heteroatoms. The van der Waals surface area contributed by atoms with Gasteiger partial charge in [0.25, 0.3) is 0 Å². The fraction of sp³-hybridized carbons (Fsp3) is 0.400. The minimum Gasteiger partial charge on any atom is -0.369 e. The fourth-order valence-electron chi connectivity index (χ4n) is 3.21. The minimum absolute atomic E-state index is 0.00503. The molecule has 1 amide bonds. The molecule has 24 heavy (non-hydrogen) atoms. The molecule has 0 atom stereocenters. The van der Waals surface area contributed by atoms with Crippen LogP contribution in [0.3, 0.4) is 0 Å². The molecule has 0 aliphatic heterocycles. The first-order chi connectivity index (χ1) is 11.6. The first-order valence-corrected chi connectivity index (χ1v) is 8.62. The number of primary amides is 1. The summed E-state index contributed by atoms with van der Waals surface area (Å²) in [5, 5.41) is 12.3. The normalized spacial score (nSPS) is 21.2. The summed E-state index contributed by atoms with van der Waals surface area (Å²) in [7, 11) is 0. The molecule has 1 aliphatic rings. The summed E-state index contributed by atoms with van der Waals surface area (Å²) >= 11 is 3.48. The van der Waals surface area contributed by atoms with Crippen molar-refractivity contribution in [1.82, 2.24) is 24.6 Å². The van der Waals surface area contributed by atoms with E-state index in [1.807, 2.05) is 10.5 Å². The lowest BCUT2D eigenvalue weighted by molar-refractivity contribution is -0.122. The van der Waals surface area contributed by atoms with E-state index in [0.717, 1.165) is 41.2 Å². The zero-order chi connectivity index (χ0) is 16.7. The first kappa shape index (κ1) is 15.3. The van der Waals surface area contributed by atoms with E-state index in [2.05, 4.69) is 41.4 Å². The number of carbonyl (C=O) groups is 1. The number of carbonyl (C=O) groups excluding carboxylic acids is 1. The molecule has 1 saturated carbocycles. The third-order valence-corrected chi connectivity index (χ3v) is 5.11. The van der Waals surface area contributed by atoms with E-state index in [-0.39, 0.29) is 17.9 Å². The van der Waals surface area contributed by atoms with Gasteiger partial charge in [0.15, 0.2) is 11.3 Å². The number of hydrogen-bond donors (Lipinski definition) is 2.